The van der Waals surface area contributed by atoms with E-state index in [9.17, 15) is 9.90 Å². The van der Waals surface area contributed by atoms with Crippen molar-refractivity contribution in [2.24, 2.45) is 0 Å². The minimum absolute atomic E-state index is 0.0636. The molecule has 0 atom stereocenters. The molecule has 0 radical (unpaired) electrons. The molecule has 0 heterocycles. The fourth-order valence-electron chi connectivity index (χ4n) is 3.35. The van der Waals surface area contributed by atoms with Gasteiger partial charge in [-0.1, -0.05) is 66.7 Å². The van der Waals surface area contributed by atoms with Crippen molar-refractivity contribution < 1.29 is 24.1 Å². The highest BCUT2D eigenvalue weighted by Crippen LogP contribution is 2.39. The molecule has 5 nitrogen and oxygen atoms in total. The smallest absolute Gasteiger partial charge is 0.343 e. The number of carboxylic acids is 1. The largest absolute Gasteiger partial charge is 0.488 e. The van der Waals surface area contributed by atoms with Gasteiger partial charge in [0.1, 0.15) is 40.9 Å². The Morgan fingerprint density at radius 3 is 1.85 bits per heavy atom. The van der Waals surface area contributed by atoms with Crippen molar-refractivity contribution in [3.63, 3.8) is 0 Å². The fraction of sp³-hybridized carbons (Fsp3) is 0.107. The number of ether oxygens (including phenoxy) is 3. The van der Waals surface area contributed by atoms with E-state index in [0.717, 1.165) is 16.7 Å². The Labute approximate surface area is 192 Å². The number of aromatic carboxylic acids is 1. The van der Waals surface area contributed by atoms with Crippen LogP contribution in [0.4, 0.5) is 0 Å². The van der Waals surface area contributed by atoms with Gasteiger partial charge in [0.25, 0.3) is 0 Å². The molecule has 0 aliphatic rings. The SMILES string of the molecule is Cc1ccccc1Oc1cc(OCc2ccccc2)c(C(=O)O)c(Oc2ccccc2C)c1. The van der Waals surface area contributed by atoms with Crippen LogP contribution < -0.4 is 14.2 Å². The average Bonchev–Trinajstić information content (AvgIpc) is 2.81. The second kappa shape index (κ2) is 9.92. The van der Waals surface area contributed by atoms with Gasteiger partial charge < -0.3 is 19.3 Å². The highest BCUT2D eigenvalue weighted by atomic mass is 16.5. The third-order valence-electron chi connectivity index (χ3n) is 5.13. The molecular formula is C28H24O5. The maximum absolute atomic E-state index is 12.3. The van der Waals surface area contributed by atoms with Crippen molar-refractivity contribution >= 4 is 5.97 Å². The lowest BCUT2D eigenvalue weighted by molar-refractivity contribution is 0.0688. The van der Waals surface area contributed by atoms with Crippen LogP contribution in [0.15, 0.2) is 91.0 Å². The van der Waals surface area contributed by atoms with E-state index < -0.39 is 5.97 Å². The lowest BCUT2D eigenvalue weighted by Crippen LogP contribution is -2.06. The Hall–Kier alpha value is -4.25. The Bertz CT molecular complexity index is 1260. The summed E-state index contributed by atoms with van der Waals surface area (Å²) in [6.07, 6.45) is 0. The average molecular weight is 440 g/mol. The number of para-hydroxylation sites is 2. The number of rotatable bonds is 8. The molecule has 0 aliphatic carbocycles. The topological polar surface area (TPSA) is 65.0 Å². The summed E-state index contributed by atoms with van der Waals surface area (Å²) < 4.78 is 18.1. The first-order chi connectivity index (χ1) is 16.0. The van der Waals surface area contributed by atoms with Gasteiger partial charge in [-0.25, -0.2) is 4.79 Å². The third kappa shape index (κ3) is 5.33. The van der Waals surface area contributed by atoms with E-state index >= 15 is 0 Å². The summed E-state index contributed by atoms with van der Waals surface area (Å²) in [4.78, 5) is 12.3. The first-order valence-corrected chi connectivity index (χ1v) is 10.6. The Morgan fingerprint density at radius 2 is 1.24 bits per heavy atom. The van der Waals surface area contributed by atoms with Crippen molar-refractivity contribution in [3.05, 3.63) is 113 Å². The minimum atomic E-state index is -1.15. The van der Waals surface area contributed by atoms with Crippen molar-refractivity contribution in [1.29, 1.82) is 0 Å². The normalized spacial score (nSPS) is 10.5. The van der Waals surface area contributed by atoms with Gasteiger partial charge in [-0.15, -0.1) is 0 Å². The molecule has 0 saturated heterocycles. The fourth-order valence-corrected chi connectivity index (χ4v) is 3.35. The highest BCUT2D eigenvalue weighted by Gasteiger charge is 2.22. The van der Waals surface area contributed by atoms with Gasteiger partial charge in [0.15, 0.2) is 0 Å². The van der Waals surface area contributed by atoms with Gasteiger partial charge in [0, 0.05) is 12.1 Å². The summed E-state index contributed by atoms with van der Waals surface area (Å²) in [6, 6.07) is 27.7. The minimum Gasteiger partial charge on any atom is -0.488 e. The first kappa shape index (κ1) is 22.0. The predicted molar refractivity (Wildman–Crippen MR) is 127 cm³/mol. The van der Waals surface area contributed by atoms with E-state index in [4.69, 9.17) is 14.2 Å². The van der Waals surface area contributed by atoms with Crippen LogP contribution in [-0.4, -0.2) is 11.1 Å². The number of carboxylic acid groups (broad SMARTS) is 1. The van der Waals surface area contributed by atoms with Crippen molar-refractivity contribution in [1.82, 2.24) is 0 Å². The van der Waals surface area contributed by atoms with Crippen LogP contribution in [0.25, 0.3) is 0 Å². The first-order valence-electron chi connectivity index (χ1n) is 10.6. The maximum atomic E-state index is 12.3. The molecular weight excluding hydrogens is 416 g/mol. The Kier molecular flexibility index (Phi) is 6.60. The van der Waals surface area contributed by atoms with Gasteiger partial charge in [-0.2, -0.15) is 0 Å². The van der Waals surface area contributed by atoms with Gasteiger partial charge in [-0.3, -0.25) is 0 Å². The lowest BCUT2D eigenvalue weighted by atomic mass is 10.1. The molecule has 0 bridgehead atoms. The number of carbonyl (C=O) groups is 1. The van der Waals surface area contributed by atoms with Gasteiger partial charge in [0.05, 0.1) is 0 Å². The zero-order valence-corrected chi connectivity index (χ0v) is 18.4. The monoisotopic (exact) mass is 440 g/mol. The van der Waals surface area contributed by atoms with Crippen LogP contribution in [0.1, 0.15) is 27.0 Å². The van der Waals surface area contributed by atoms with E-state index in [1.807, 2.05) is 86.6 Å². The zero-order chi connectivity index (χ0) is 23.2. The number of hydrogen-bond donors (Lipinski definition) is 1. The van der Waals surface area contributed by atoms with E-state index in [1.54, 1.807) is 18.2 Å². The Balaban J connectivity index is 1.77. The summed E-state index contributed by atoms with van der Waals surface area (Å²) in [5.74, 6) is 0.801. The molecule has 4 aromatic carbocycles. The molecule has 0 saturated carbocycles. The molecule has 5 heteroatoms. The highest BCUT2D eigenvalue weighted by molar-refractivity contribution is 5.94. The molecule has 4 aromatic rings. The summed E-state index contributed by atoms with van der Waals surface area (Å²) in [6.45, 7) is 4.05. The van der Waals surface area contributed by atoms with Gasteiger partial charge >= 0.3 is 5.97 Å². The second-order valence-electron chi connectivity index (χ2n) is 7.61. The summed E-state index contributed by atoms with van der Waals surface area (Å²) in [7, 11) is 0. The number of aryl methyl sites for hydroxylation is 2. The maximum Gasteiger partial charge on any atom is 0.343 e. The van der Waals surface area contributed by atoms with Gasteiger partial charge in [0.2, 0.25) is 0 Å². The van der Waals surface area contributed by atoms with Crippen LogP contribution in [-0.2, 0) is 6.61 Å². The number of hydrogen-bond acceptors (Lipinski definition) is 4. The zero-order valence-electron chi connectivity index (χ0n) is 18.4. The molecule has 33 heavy (non-hydrogen) atoms. The van der Waals surface area contributed by atoms with E-state index in [-0.39, 0.29) is 23.7 Å². The third-order valence-corrected chi connectivity index (χ3v) is 5.13. The van der Waals surface area contributed by atoms with E-state index in [1.165, 1.54) is 0 Å². The molecule has 0 aromatic heterocycles. The molecule has 4 rings (SSSR count). The van der Waals surface area contributed by atoms with Crippen LogP contribution in [0.3, 0.4) is 0 Å². The molecule has 0 fully saturated rings. The molecule has 0 amide bonds. The predicted octanol–water partition coefficient (Wildman–Crippen LogP) is 7.17. The standard InChI is InChI=1S/C28H24O5/c1-19-10-6-8-14-23(19)32-22-16-25(31-18-21-12-4-3-5-13-21)27(28(29)30)26(17-22)33-24-15-9-7-11-20(24)2/h3-17H,18H2,1-2H3,(H,29,30). The quantitative estimate of drug-likeness (QED) is 0.315. The summed E-state index contributed by atoms with van der Waals surface area (Å²) in [5, 5.41) is 10.0. The van der Waals surface area contributed by atoms with Crippen molar-refractivity contribution in [3.8, 4) is 28.7 Å². The van der Waals surface area contributed by atoms with Crippen LogP contribution in [0, 0.1) is 13.8 Å². The molecule has 0 spiro atoms. The summed E-state index contributed by atoms with van der Waals surface area (Å²) >= 11 is 0. The van der Waals surface area contributed by atoms with Gasteiger partial charge in [-0.05, 0) is 42.7 Å². The van der Waals surface area contributed by atoms with Crippen LogP contribution >= 0.6 is 0 Å². The molecule has 0 unspecified atom stereocenters. The van der Waals surface area contributed by atoms with Crippen LogP contribution in [0.5, 0.6) is 28.7 Å². The van der Waals surface area contributed by atoms with Crippen LogP contribution in [0.2, 0.25) is 0 Å². The molecule has 0 aliphatic heterocycles. The second-order valence-corrected chi connectivity index (χ2v) is 7.61. The Morgan fingerprint density at radius 1 is 0.697 bits per heavy atom. The molecule has 1 N–H and O–H groups in total. The van der Waals surface area contributed by atoms with Crippen molar-refractivity contribution in [2.45, 2.75) is 20.5 Å². The molecule has 166 valence electrons. The summed E-state index contributed by atoms with van der Waals surface area (Å²) in [5.41, 5.74) is 2.69. The van der Waals surface area contributed by atoms with Crippen molar-refractivity contribution in [2.75, 3.05) is 0 Å². The lowest BCUT2D eigenvalue weighted by Gasteiger charge is -2.17. The number of benzene rings is 4. The van der Waals surface area contributed by atoms with E-state index in [2.05, 4.69) is 0 Å². The van der Waals surface area contributed by atoms with E-state index in [0.29, 0.717) is 17.2 Å².